The van der Waals surface area contributed by atoms with Crippen LogP contribution in [0.25, 0.3) is 0 Å². The second-order valence-corrected chi connectivity index (χ2v) is 7.77. The van der Waals surface area contributed by atoms with Gasteiger partial charge < -0.3 is 10.5 Å². The van der Waals surface area contributed by atoms with Crippen LogP contribution >= 0.6 is 0 Å². The second kappa shape index (κ2) is 4.24. The highest BCUT2D eigenvalue weighted by molar-refractivity contribution is 4.96. The maximum Gasteiger partial charge on any atom is 0.0631 e. The normalized spacial score (nSPS) is 34.8. The molecule has 2 heteroatoms. The summed E-state index contributed by atoms with van der Waals surface area (Å²) < 4.78 is 6.09. The first-order chi connectivity index (χ1) is 7.70. The van der Waals surface area contributed by atoms with E-state index in [1.807, 2.05) is 0 Å². The molecule has 2 nitrogen and oxygen atoms in total. The molecule has 0 bridgehead atoms. The molecular weight excluding hydrogens is 210 g/mol. The summed E-state index contributed by atoms with van der Waals surface area (Å²) >= 11 is 0. The van der Waals surface area contributed by atoms with Crippen molar-refractivity contribution in [2.24, 2.45) is 11.1 Å². The molecule has 2 fully saturated rings. The van der Waals surface area contributed by atoms with Gasteiger partial charge in [-0.15, -0.1) is 0 Å². The minimum absolute atomic E-state index is 0.0423. The van der Waals surface area contributed by atoms with Crippen molar-refractivity contribution in [1.82, 2.24) is 0 Å². The molecule has 17 heavy (non-hydrogen) atoms. The van der Waals surface area contributed by atoms with E-state index in [9.17, 15) is 0 Å². The fourth-order valence-electron chi connectivity index (χ4n) is 3.30. The third kappa shape index (κ3) is 3.45. The van der Waals surface area contributed by atoms with Crippen LogP contribution in [0.3, 0.4) is 0 Å². The van der Waals surface area contributed by atoms with Crippen LogP contribution in [-0.2, 0) is 4.74 Å². The zero-order valence-corrected chi connectivity index (χ0v) is 12.0. The van der Waals surface area contributed by atoms with E-state index in [0.29, 0.717) is 11.5 Å². The Hall–Kier alpha value is -0.0800. The molecule has 0 amide bonds. The summed E-state index contributed by atoms with van der Waals surface area (Å²) in [6.45, 7) is 9.11. The molecular formula is C15H29NO. The molecule has 1 saturated carbocycles. The van der Waals surface area contributed by atoms with Crippen molar-refractivity contribution in [3.05, 3.63) is 0 Å². The van der Waals surface area contributed by atoms with Crippen LogP contribution in [0.15, 0.2) is 0 Å². The van der Waals surface area contributed by atoms with Crippen molar-refractivity contribution in [2.45, 2.75) is 89.9 Å². The molecule has 0 aromatic heterocycles. The first kappa shape index (κ1) is 13.4. The van der Waals surface area contributed by atoms with E-state index in [-0.39, 0.29) is 11.1 Å². The third-order valence-corrected chi connectivity index (χ3v) is 4.79. The van der Waals surface area contributed by atoms with Crippen molar-refractivity contribution in [1.29, 1.82) is 0 Å². The molecule has 1 unspecified atom stereocenters. The molecule has 0 aromatic carbocycles. The molecule has 0 radical (unpaired) electrons. The maximum absolute atomic E-state index is 6.57. The lowest BCUT2D eigenvalue weighted by molar-refractivity contribution is -0.0321. The van der Waals surface area contributed by atoms with Gasteiger partial charge in [-0.25, -0.2) is 0 Å². The molecule has 1 aliphatic heterocycles. The highest BCUT2D eigenvalue weighted by Gasteiger charge is 2.40. The summed E-state index contributed by atoms with van der Waals surface area (Å²) in [6.07, 6.45) is 8.69. The fourth-order valence-corrected chi connectivity index (χ4v) is 3.30. The minimum atomic E-state index is 0.0423. The van der Waals surface area contributed by atoms with Gasteiger partial charge in [0.15, 0.2) is 0 Å². The fraction of sp³-hybridized carbons (Fsp3) is 1.00. The Balaban J connectivity index is 1.87. The smallest absolute Gasteiger partial charge is 0.0631 e. The van der Waals surface area contributed by atoms with Crippen LogP contribution in [0.4, 0.5) is 0 Å². The quantitative estimate of drug-likeness (QED) is 0.798. The van der Waals surface area contributed by atoms with Crippen molar-refractivity contribution in [3.63, 3.8) is 0 Å². The summed E-state index contributed by atoms with van der Waals surface area (Å²) in [7, 11) is 0. The Labute approximate surface area is 106 Å². The van der Waals surface area contributed by atoms with Crippen LogP contribution in [0.5, 0.6) is 0 Å². The van der Waals surface area contributed by atoms with Gasteiger partial charge in [0, 0.05) is 5.54 Å². The van der Waals surface area contributed by atoms with Crippen LogP contribution < -0.4 is 5.73 Å². The van der Waals surface area contributed by atoms with Gasteiger partial charge in [-0.3, -0.25) is 0 Å². The van der Waals surface area contributed by atoms with Crippen molar-refractivity contribution >= 4 is 0 Å². The molecule has 0 aromatic rings. The summed E-state index contributed by atoms with van der Waals surface area (Å²) in [5.74, 6) is 0. The van der Waals surface area contributed by atoms with Crippen molar-refractivity contribution < 1.29 is 4.74 Å². The topological polar surface area (TPSA) is 35.2 Å². The maximum atomic E-state index is 6.57. The van der Waals surface area contributed by atoms with E-state index < -0.39 is 0 Å². The number of hydrogen-bond donors (Lipinski definition) is 1. The zero-order chi connectivity index (χ0) is 12.7. The van der Waals surface area contributed by atoms with Crippen LogP contribution in [0.1, 0.15) is 72.6 Å². The molecule has 2 aliphatic rings. The number of rotatable bonds is 2. The van der Waals surface area contributed by atoms with Gasteiger partial charge in [0.2, 0.25) is 0 Å². The van der Waals surface area contributed by atoms with Crippen molar-refractivity contribution in [2.75, 3.05) is 0 Å². The molecule has 0 spiro atoms. The third-order valence-electron chi connectivity index (χ3n) is 4.79. The lowest BCUT2D eigenvalue weighted by atomic mass is 9.68. The van der Waals surface area contributed by atoms with E-state index in [0.717, 1.165) is 6.42 Å². The van der Waals surface area contributed by atoms with E-state index in [1.165, 1.54) is 38.5 Å². The van der Waals surface area contributed by atoms with E-state index in [1.54, 1.807) is 0 Å². The predicted molar refractivity (Wildman–Crippen MR) is 72.0 cm³/mol. The lowest BCUT2D eigenvalue weighted by Gasteiger charge is -2.42. The molecule has 1 saturated heterocycles. The van der Waals surface area contributed by atoms with Gasteiger partial charge >= 0.3 is 0 Å². The lowest BCUT2D eigenvalue weighted by Crippen LogP contribution is -2.47. The van der Waals surface area contributed by atoms with Crippen LogP contribution in [-0.4, -0.2) is 17.2 Å². The van der Waals surface area contributed by atoms with Crippen LogP contribution in [0, 0.1) is 5.41 Å². The van der Waals surface area contributed by atoms with Gasteiger partial charge in [-0.1, -0.05) is 13.8 Å². The Morgan fingerprint density at radius 2 is 1.59 bits per heavy atom. The summed E-state index contributed by atoms with van der Waals surface area (Å²) in [5, 5.41) is 0. The largest absolute Gasteiger partial charge is 0.372 e. The monoisotopic (exact) mass is 239 g/mol. The van der Waals surface area contributed by atoms with E-state index >= 15 is 0 Å². The number of nitrogens with two attached hydrogens (primary N) is 1. The zero-order valence-electron chi connectivity index (χ0n) is 12.0. The highest BCUT2D eigenvalue weighted by Crippen LogP contribution is 2.43. The summed E-state index contributed by atoms with van der Waals surface area (Å²) in [6, 6.07) is 0. The number of hydrogen-bond acceptors (Lipinski definition) is 2. The van der Waals surface area contributed by atoms with E-state index in [4.69, 9.17) is 10.5 Å². The molecule has 1 aliphatic carbocycles. The minimum Gasteiger partial charge on any atom is -0.372 e. The SMILES string of the molecule is CC1(C)CCC(N)(CC2CCC(C)(C)O2)CC1. The average molecular weight is 239 g/mol. The molecule has 2 N–H and O–H groups in total. The van der Waals surface area contributed by atoms with Gasteiger partial charge in [0.25, 0.3) is 0 Å². The highest BCUT2D eigenvalue weighted by atomic mass is 16.5. The van der Waals surface area contributed by atoms with Gasteiger partial charge in [0.05, 0.1) is 11.7 Å². The second-order valence-electron chi connectivity index (χ2n) is 7.77. The molecule has 1 heterocycles. The van der Waals surface area contributed by atoms with Gasteiger partial charge in [0.1, 0.15) is 0 Å². The number of ether oxygens (including phenoxy) is 1. The first-order valence-corrected chi connectivity index (χ1v) is 7.17. The van der Waals surface area contributed by atoms with E-state index in [2.05, 4.69) is 27.7 Å². The standard InChI is InChI=1S/C15H29NO/c1-13(2)7-9-15(16,10-8-13)11-12-5-6-14(3,4)17-12/h12H,5-11,16H2,1-4H3. The van der Waals surface area contributed by atoms with Crippen LogP contribution in [0.2, 0.25) is 0 Å². The molecule has 1 atom stereocenters. The first-order valence-electron chi connectivity index (χ1n) is 7.17. The van der Waals surface area contributed by atoms with Crippen molar-refractivity contribution in [3.8, 4) is 0 Å². The molecule has 100 valence electrons. The average Bonchev–Trinajstić information content (AvgIpc) is 2.52. The summed E-state index contributed by atoms with van der Waals surface area (Å²) in [4.78, 5) is 0. The predicted octanol–water partition coefficient (Wildman–Crippen LogP) is 3.63. The van der Waals surface area contributed by atoms with Gasteiger partial charge in [-0.2, -0.15) is 0 Å². The Morgan fingerprint density at radius 1 is 1.00 bits per heavy atom. The molecule has 2 rings (SSSR count). The van der Waals surface area contributed by atoms with Gasteiger partial charge in [-0.05, 0) is 64.2 Å². The Morgan fingerprint density at radius 3 is 2.06 bits per heavy atom. The Bertz CT molecular complexity index is 273. The Kier molecular flexibility index (Phi) is 3.33. The summed E-state index contributed by atoms with van der Waals surface area (Å²) in [5.41, 5.74) is 7.19.